The molecule has 1 aliphatic carbocycles. The molecule has 1 aliphatic rings. The van der Waals surface area contributed by atoms with Crippen molar-refractivity contribution in [2.24, 2.45) is 16.1 Å². The summed E-state index contributed by atoms with van der Waals surface area (Å²) in [7, 11) is 0. The summed E-state index contributed by atoms with van der Waals surface area (Å²) in [5, 5.41) is 28.8. The average Bonchev–Trinajstić information content (AvgIpc) is 2.55. The highest BCUT2D eigenvalue weighted by Crippen LogP contribution is 2.40. The topological polar surface area (TPSA) is 82.2 Å². The van der Waals surface area contributed by atoms with Crippen LogP contribution in [0.3, 0.4) is 0 Å². The second kappa shape index (κ2) is 6.13. The van der Waals surface area contributed by atoms with Gasteiger partial charge in [-0.05, 0) is 12.8 Å². The Labute approximate surface area is 128 Å². The maximum atomic E-state index is 12.1. The summed E-state index contributed by atoms with van der Waals surface area (Å²) in [5.74, 6) is -0.485. The highest BCUT2D eigenvalue weighted by molar-refractivity contribution is 5.99. The number of hydrogen-bond acceptors (Lipinski definition) is 4. The molecule has 0 aromatic heterocycles. The number of azo groups is 1. The quantitative estimate of drug-likeness (QED) is 0.804. The number of amides is 1. The van der Waals surface area contributed by atoms with E-state index in [4.69, 9.17) is 0 Å². The van der Waals surface area contributed by atoms with E-state index in [0.29, 0.717) is 10.8 Å². The first-order valence-electron chi connectivity index (χ1n) is 7.56. The Balaban J connectivity index is 1.93. The van der Waals surface area contributed by atoms with Crippen LogP contribution in [0.4, 0.5) is 5.69 Å². The van der Waals surface area contributed by atoms with Gasteiger partial charge in [0.05, 0.1) is 0 Å². The lowest BCUT2D eigenvalue weighted by atomic mass is 9.89. The monoisotopic (exact) mass is 298 g/mol. The normalized spacial score (nSPS) is 16.4. The highest BCUT2D eigenvalue weighted by atomic mass is 16.3. The molecule has 2 aromatic rings. The van der Waals surface area contributed by atoms with Crippen LogP contribution < -0.4 is 0 Å². The highest BCUT2D eigenvalue weighted by Gasteiger charge is 2.21. The van der Waals surface area contributed by atoms with Gasteiger partial charge in [-0.25, -0.2) is 0 Å². The molecule has 5 nitrogen and oxygen atoms in total. The third-order valence-corrected chi connectivity index (χ3v) is 4.18. The van der Waals surface area contributed by atoms with Crippen molar-refractivity contribution in [2.75, 3.05) is 0 Å². The second-order valence-electron chi connectivity index (χ2n) is 5.68. The molecular formula is C17H18N2O3. The van der Waals surface area contributed by atoms with E-state index in [9.17, 15) is 15.0 Å². The number of carbonyl (C=O) groups is 1. The van der Waals surface area contributed by atoms with Crippen LogP contribution in [0.1, 0.15) is 32.1 Å². The van der Waals surface area contributed by atoms with Gasteiger partial charge in [-0.15, -0.1) is 10.2 Å². The van der Waals surface area contributed by atoms with E-state index < -0.39 is 0 Å². The van der Waals surface area contributed by atoms with Gasteiger partial charge in [0.25, 0.3) is 5.91 Å². The molecule has 2 N–H and O–H groups in total. The van der Waals surface area contributed by atoms with Crippen molar-refractivity contribution in [2.45, 2.75) is 32.1 Å². The molecule has 1 fully saturated rings. The molecule has 0 saturated heterocycles. The van der Waals surface area contributed by atoms with Crippen molar-refractivity contribution >= 4 is 22.4 Å². The van der Waals surface area contributed by atoms with E-state index in [1.54, 1.807) is 24.3 Å². The molecule has 0 atom stereocenters. The number of aromatic hydroxyl groups is 2. The van der Waals surface area contributed by atoms with Crippen molar-refractivity contribution < 1.29 is 15.0 Å². The number of benzene rings is 2. The molecule has 114 valence electrons. The van der Waals surface area contributed by atoms with Crippen LogP contribution in [0.5, 0.6) is 11.5 Å². The molecule has 0 bridgehead atoms. The van der Waals surface area contributed by atoms with Crippen molar-refractivity contribution in [3.8, 4) is 11.5 Å². The largest absolute Gasteiger partial charge is 0.507 e. The maximum Gasteiger partial charge on any atom is 0.267 e. The number of hydrogen-bond donors (Lipinski definition) is 2. The molecular weight excluding hydrogens is 280 g/mol. The molecule has 0 unspecified atom stereocenters. The third-order valence-electron chi connectivity index (χ3n) is 4.18. The second-order valence-corrected chi connectivity index (χ2v) is 5.68. The van der Waals surface area contributed by atoms with E-state index in [1.165, 1.54) is 12.5 Å². The molecule has 0 spiro atoms. The minimum atomic E-state index is -0.226. The van der Waals surface area contributed by atoms with Gasteiger partial charge in [0.1, 0.15) is 17.2 Å². The number of carbonyl (C=O) groups excluding carboxylic acids is 1. The lowest BCUT2D eigenvalue weighted by Crippen LogP contribution is -2.15. The van der Waals surface area contributed by atoms with Crippen LogP contribution in [-0.2, 0) is 4.79 Å². The van der Waals surface area contributed by atoms with Crippen LogP contribution in [0.2, 0.25) is 0 Å². The SMILES string of the molecule is O=C(N=Nc1c(O)cc(O)c2ccccc12)C1CCCCC1. The predicted octanol–water partition coefficient (Wildman–Crippen LogP) is 4.44. The van der Waals surface area contributed by atoms with Crippen molar-refractivity contribution in [3.63, 3.8) is 0 Å². The number of nitrogens with zero attached hydrogens (tertiary/aromatic N) is 2. The van der Waals surface area contributed by atoms with Gasteiger partial charge in [-0.3, -0.25) is 4.79 Å². The summed E-state index contributed by atoms with van der Waals surface area (Å²) in [6.45, 7) is 0. The summed E-state index contributed by atoms with van der Waals surface area (Å²) in [6, 6.07) is 8.25. The standard InChI is InChI=1S/C17H18N2O3/c20-14-10-15(21)16(13-9-5-4-8-12(13)14)18-19-17(22)11-6-2-1-3-7-11/h4-5,8-11,20-21H,1-3,6-7H2. The fraction of sp³-hybridized carbons (Fsp3) is 0.353. The minimum absolute atomic E-state index is 0.0225. The van der Waals surface area contributed by atoms with E-state index in [0.717, 1.165) is 25.7 Å². The smallest absolute Gasteiger partial charge is 0.267 e. The van der Waals surface area contributed by atoms with Gasteiger partial charge in [0.15, 0.2) is 0 Å². The predicted molar refractivity (Wildman–Crippen MR) is 83.4 cm³/mol. The Morgan fingerprint density at radius 2 is 1.68 bits per heavy atom. The van der Waals surface area contributed by atoms with E-state index in [2.05, 4.69) is 10.2 Å². The van der Waals surface area contributed by atoms with Gasteiger partial charge in [-0.1, -0.05) is 43.5 Å². The molecule has 5 heteroatoms. The molecule has 1 amide bonds. The number of rotatable bonds is 2. The Kier molecular flexibility index (Phi) is 4.04. The van der Waals surface area contributed by atoms with Gasteiger partial charge in [0, 0.05) is 22.8 Å². The van der Waals surface area contributed by atoms with Crippen molar-refractivity contribution in [1.82, 2.24) is 0 Å². The Morgan fingerprint density at radius 1 is 1.00 bits per heavy atom. The first kappa shape index (κ1) is 14.5. The lowest BCUT2D eigenvalue weighted by Gasteiger charge is -2.17. The zero-order valence-electron chi connectivity index (χ0n) is 12.2. The number of fused-ring (bicyclic) bond motifs is 1. The van der Waals surface area contributed by atoms with Gasteiger partial charge < -0.3 is 10.2 Å². The van der Waals surface area contributed by atoms with Crippen LogP contribution in [0.15, 0.2) is 40.6 Å². The molecule has 0 heterocycles. The molecule has 0 radical (unpaired) electrons. The van der Waals surface area contributed by atoms with E-state index in [-0.39, 0.29) is 29.0 Å². The first-order chi connectivity index (χ1) is 10.7. The summed E-state index contributed by atoms with van der Waals surface area (Å²) < 4.78 is 0. The molecule has 3 rings (SSSR count). The fourth-order valence-electron chi connectivity index (χ4n) is 2.96. The van der Waals surface area contributed by atoms with Crippen LogP contribution in [0, 0.1) is 5.92 Å². The molecule has 22 heavy (non-hydrogen) atoms. The zero-order valence-corrected chi connectivity index (χ0v) is 12.2. The van der Waals surface area contributed by atoms with Gasteiger partial charge >= 0.3 is 0 Å². The van der Waals surface area contributed by atoms with E-state index >= 15 is 0 Å². The third kappa shape index (κ3) is 2.79. The van der Waals surface area contributed by atoms with Gasteiger partial charge in [-0.2, -0.15) is 0 Å². The molecule has 1 saturated carbocycles. The van der Waals surface area contributed by atoms with Crippen molar-refractivity contribution in [3.05, 3.63) is 30.3 Å². The van der Waals surface area contributed by atoms with Crippen LogP contribution >= 0.6 is 0 Å². The zero-order chi connectivity index (χ0) is 15.5. The number of phenolic OH excluding ortho intramolecular Hbond substituents is 2. The summed E-state index contributed by atoms with van der Waals surface area (Å²) in [5.41, 5.74) is 0.220. The van der Waals surface area contributed by atoms with Crippen LogP contribution in [-0.4, -0.2) is 16.1 Å². The summed E-state index contributed by atoms with van der Waals surface area (Å²) in [4.78, 5) is 12.1. The first-order valence-corrected chi connectivity index (χ1v) is 7.56. The van der Waals surface area contributed by atoms with E-state index in [1.807, 2.05) is 0 Å². The molecule has 2 aromatic carbocycles. The summed E-state index contributed by atoms with van der Waals surface area (Å²) in [6.07, 6.45) is 5.00. The lowest BCUT2D eigenvalue weighted by molar-refractivity contribution is -0.122. The van der Waals surface area contributed by atoms with Gasteiger partial charge in [0.2, 0.25) is 0 Å². The fourth-order valence-corrected chi connectivity index (χ4v) is 2.96. The van der Waals surface area contributed by atoms with Crippen LogP contribution in [0.25, 0.3) is 10.8 Å². The van der Waals surface area contributed by atoms with Crippen molar-refractivity contribution in [1.29, 1.82) is 0 Å². The maximum absolute atomic E-state index is 12.1. The summed E-state index contributed by atoms with van der Waals surface area (Å²) >= 11 is 0. The Hall–Kier alpha value is -2.43. The Bertz CT molecular complexity index is 734. The average molecular weight is 298 g/mol. The minimum Gasteiger partial charge on any atom is -0.507 e. The number of phenols is 2. The molecule has 0 aliphatic heterocycles. The Morgan fingerprint density at radius 3 is 2.41 bits per heavy atom.